The third-order valence-electron chi connectivity index (χ3n) is 1.53. The van der Waals surface area contributed by atoms with Crippen LogP contribution in [0, 0.1) is 6.07 Å². The standard InChI is InChI=1S/C10H12ClO/c1-2-3-8-12-10-7-5-4-6-9(10)11/h4-5,7H,2-3,8H2,1H3. The second-order valence-corrected chi connectivity index (χ2v) is 2.93. The second-order valence-electron chi connectivity index (χ2n) is 2.55. The fraction of sp³-hybridized carbons (Fsp3) is 0.400. The molecule has 0 fully saturated rings. The van der Waals surface area contributed by atoms with Crippen LogP contribution in [-0.4, -0.2) is 6.61 Å². The van der Waals surface area contributed by atoms with E-state index in [1.165, 1.54) is 0 Å². The molecule has 0 N–H and O–H groups in total. The van der Waals surface area contributed by atoms with E-state index in [1.807, 2.05) is 12.1 Å². The number of ether oxygens (including phenoxy) is 1. The molecule has 0 saturated carbocycles. The molecule has 0 heterocycles. The first-order valence-corrected chi connectivity index (χ1v) is 4.51. The van der Waals surface area contributed by atoms with Crippen molar-refractivity contribution in [1.82, 2.24) is 0 Å². The first-order valence-electron chi connectivity index (χ1n) is 4.13. The van der Waals surface area contributed by atoms with Crippen molar-refractivity contribution in [3.8, 4) is 5.75 Å². The van der Waals surface area contributed by atoms with Gasteiger partial charge >= 0.3 is 0 Å². The fourth-order valence-electron chi connectivity index (χ4n) is 0.839. The lowest BCUT2D eigenvalue weighted by molar-refractivity contribution is 0.309. The fourth-order valence-corrected chi connectivity index (χ4v) is 1.02. The van der Waals surface area contributed by atoms with E-state index in [4.69, 9.17) is 16.3 Å². The van der Waals surface area contributed by atoms with Crippen LogP contribution < -0.4 is 4.74 Å². The van der Waals surface area contributed by atoms with Crippen molar-refractivity contribution in [2.24, 2.45) is 0 Å². The number of rotatable bonds is 4. The van der Waals surface area contributed by atoms with Crippen molar-refractivity contribution < 1.29 is 4.74 Å². The summed E-state index contributed by atoms with van der Waals surface area (Å²) in [6.45, 7) is 2.86. The number of benzene rings is 1. The maximum Gasteiger partial charge on any atom is 0.138 e. The zero-order chi connectivity index (χ0) is 8.81. The zero-order valence-corrected chi connectivity index (χ0v) is 7.90. The van der Waals surface area contributed by atoms with Crippen molar-refractivity contribution in [3.63, 3.8) is 0 Å². The Morgan fingerprint density at radius 2 is 2.42 bits per heavy atom. The minimum absolute atomic E-state index is 0.564. The Morgan fingerprint density at radius 1 is 1.58 bits per heavy atom. The Bertz CT molecular complexity index is 235. The van der Waals surface area contributed by atoms with E-state index in [0.717, 1.165) is 25.2 Å². The Labute approximate surface area is 78.3 Å². The molecular formula is C10H12ClO. The van der Waals surface area contributed by atoms with Crippen molar-refractivity contribution >= 4 is 11.6 Å². The lowest BCUT2D eigenvalue weighted by atomic mass is 10.3. The Hall–Kier alpha value is -0.690. The number of halogens is 1. The van der Waals surface area contributed by atoms with E-state index in [0.29, 0.717) is 5.02 Å². The summed E-state index contributed by atoms with van der Waals surface area (Å²) in [5.74, 6) is 0.729. The molecule has 2 heteroatoms. The molecule has 0 aliphatic carbocycles. The van der Waals surface area contributed by atoms with Gasteiger partial charge in [0.15, 0.2) is 0 Å². The Morgan fingerprint density at radius 3 is 3.08 bits per heavy atom. The molecule has 12 heavy (non-hydrogen) atoms. The summed E-state index contributed by atoms with van der Waals surface area (Å²) in [4.78, 5) is 0. The van der Waals surface area contributed by atoms with Gasteiger partial charge in [0.1, 0.15) is 5.75 Å². The third kappa shape index (κ3) is 2.74. The predicted molar refractivity (Wildman–Crippen MR) is 50.7 cm³/mol. The number of unbranched alkanes of at least 4 members (excludes halogenated alkanes) is 1. The third-order valence-corrected chi connectivity index (χ3v) is 1.82. The van der Waals surface area contributed by atoms with Gasteiger partial charge < -0.3 is 4.74 Å². The molecule has 1 nitrogen and oxygen atoms in total. The van der Waals surface area contributed by atoms with Gasteiger partial charge in [-0.25, -0.2) is 0 Å². The van der Waals surface area contributed by atoms with Crippen LogP contribution in [0.1, 0.15) is 19.8 Å². The van der Waals surface area contributed by atoms with E-state index in [2.05, 4.69) is 13.0 Å². The highest BCUT2D eigenvalue weighted by molar-refractivity contribution is 6.31. The van der Waals surface area contributed by atoms with Gasteiger partial charge in [-0.15, -0.1) is 0 Å². The number of hydrogen-bond acceptors (Lipinski definition) is 1. The van der Waals surface area contributed by atoms with Crippen molar-refractivity contribution in [1.29, 1.82) is 0 Å². The van der Waals surface area contributed by atoms with E-state index >= 15 is 0 Å². The van der Waals surface area contributed by atoms with Gasteiger partial charge in [0.2, 0.25) is 0 Å². The van der Waals surface area contributed by atoms with E-state index in [9.17, 15) is 0 Å². The molecule has 1 rings (SSSR count). The smallest absolute Gasteiger partial charge is 0.138 e. The maximum atomic E-state index is 5.82. The van der Waals surface area contributed by atoms with Crippen LogP contribution in [0.25, 0.3) is 0 Å². The molecule has 0 aromatic heterocycles. The highest BCUT2D eigenvalue weighted by Gasteiger charge is 1.97. The largest absolute Gasteiger partial charge is 0.492 e. The molecule has 1 radical (unpaired) electrons. The molecular weight excluding hydrogens is 172 g/mol. The van der Waals surface area contributed by atoms with Gasteiger partial charge in [-0.1, -0.05) is 37.1 Å². The molecule has 0 bridgehead atoms. The highest BCUT2D eigenvalue weighted by atomic mass is 35.5. The van der Waals surface area contributed by atoms with Gasteiger partial charge in [-0.05, 0) is 12.5 Å². The quantitative estimate of drug-likeness (QED) is 0.651. The highest BCUT2D eigenvalue weighted by Crippen LogP contribution is 2.22. The first-order chi connectivity index (χ1) is 5.84. The topological polar surface area (TPSA) is 9.23 Å². The molecule has 65 valence electrons. The van der Waals surface area contributed by atoms with Crippen LogP contribution in [0.4, 0.5) is 0 Å². The van der Waals surface area contributed by atoms with Crippen LogP contribution >= 0.6 is 11.6 Å². The SMILES string of the molecule is CCCCOc1ccc[c]c1Cl. The predicted octanol–water partition coefficient (Wildman–Crippen LogP) is 3.32. The Balaban J connectivity index is 2.46. The van der Waals surface area contributed by atoms with Gasteiger partial charge in [-0.3, -0.25) is 0 Å². The summed E-state index contributed by atoms with van der Waals surface area (Å²) in [6, 6.07) is 8.36. The summed E-state index contributed by atoms with van der Waals surface area (Å²) in [5.41, 5.74) is 0. The Kier molecular flexibility index (Phi) is 3.95. The average molecular weight is 184 g/mol. The first kappa shape index (κ1) is 9.40. The molecule has 0 unspecified atom stereocenters. The van der Waals surface area contributed by atoms with Crippen molar-refractivity contribution in [2.45, 2.75) is 19.8 Å². The molecule has 1 aromatic rings. The van der Waals surface area contributed by atoms with Crippen LogP contribution in [0.15, 0.2) is 18.2 Å². The van der Waals surface area contributed by atoms with Crippen LogP contribution in [-0.2, 0) is 0 Å². The zero-order valence-electron chi connectivity index (χ0n) is 7.14. The molecule has 0 atom stereocenters. The van der Waals surface area contributed by atoms with E-state index < -0.39 is 0 Å². The summed E-state index contributed by atoms with van der Waals surface area (Å²) in [5, 5.41) is 0.564. The molecule has 0 aliphatic heterocycles. The maximum absolute atomic E-state index is 5.82. The summed E-state index contributed by atoms with van der Waals surface area (Å²) >= 11 is 5.82. The molecule has 1 aromatic carbocycles. The minimum Gasteiger partial charge on any atom is -0.492 e. The van der Waals surface area contributed by atoms with E-state index in [-0.39, 0.29) is 0 Å². The normalized spacial score (nSPS) is 9.83. The molecule has 0 saturated heterocycles. The summed E-state index contributed by atoms with van der Waals surface area (Å²) < 4.78 is 5.41. The van der Waals surface area contributed by atoms with Crippen LogP contribution in [0.2, 0.25) is 5.02 Å². The molecule has 0 aliphatic rings. The van der Waals surface area contributed by atoms with Gasteiger partial charge in [0.25, 0.3) is 0 Å². The summed E-state index contributed by atoms with van der Waals surface area (Å²) in [6.07, 6.45) is 2.19. The van der Waals surface area contributed by atoms with Crippen LogP contribution in [0.5, 0.6) is 5.75 Å². The van der Waals surface area contributed by atoms with Crippen molar-refractivity contribution in [3.05, 3.63) is 29.3 Å². The minimum atomic E-state index is 0.564. The lowest BCUT2D eigenvalue weighted by Gasteiger charge is -2.05. The van der Waals surface area contributed by atoms with Crippen molar-refractivity contribution in [2.75, 3.05) is 6.61 Å². The van der Waals surface area contributed by atoms with Gasteiger partial charge in [-0.2, -0.15) is 0 Å². The molecule has 0 amide bonds. The van der Waals surface area contributed by atoms with Crippen LogP contribution in [0.3, 0.4) is 0 Å². The van der Waals surface area contributed by atoms with Gasteiger partial charge in [0, 0.05) is 6.07 Å². The summed E-state index contributed by atoms with van der Waals surface area (Å²) in [7, 11) is 0. The lowest BCUT2D eigenvalue weighted by Crippen LogP contribution is -1.96. The molecule has 0 spiro atoms. The van der Waals surface area contributed by atoms with Gasteiger partial charge in [0.05, 0.1) is 11.6 Å². The van der Waals surface area contributed by atoms with E-state index in [1.54, 1.807) is 6.07 Å². The second kappa shape index (κ2) is 5.04. The average Bonchev–Trinajstić information content (AvgIpc) is 2.09. The number of hydrogen-bond donors (Lipinski definition) is 0. The monoisotopic (exact) mass is 183 g/mol.